The topological polar surface area (TPSA) is 84.2 Å². The molecule has 0 unspecified atom stereocenters. The number of piperazine rings is 1. The van der Waals surface area contributed by atoms with Crippen molar-refractivity contribution in [1.29, 1.82) is 0 Å². The molecule has 2 N–H and O–H groups in total. The number of anilines is 1. The Morgan fingerprint density at radius 1 is 1.24 bits per heavy atom. The Hall–Kier alpha value is -3.10. The van der Waals surface area contributed by atoms with Crippen LogP contribution in [0.25, 0.3) is 6.08 Å². The Kier molecular flexibility index (Phi) is 8.68. The van der Waals surface area contributed by atoms with Gasteiger partial charge in [0, 0.05) is 69.7 Å². The lowest BCUT2D eigenvalue weighted by molar-refractivity contribution is -0.125. The average Bonchev–Trinajstić information content (AvgIpc) is 2.81. The Balaban J connectivity index is 1.65. The van der Waals surface area contributed by atoms with Crippen LogP contribution in [0.2, 0.25) is 0 Å². The number of nitrogen functional groups attached to an aromatic ring is 1. The van der Waals surface area contributed by atoms with E-state index in [-0.39, 0.29) is 5.91 Å². The number of hydrogen-bond donors (Lipinski definition) is 1. The number of aromatic nitrogens is 1. The van der Waals surface area contributed by atoms with E-state index in [2.05, 4.69) is 21.8 Å². The number of carbonyl (C=O) groups excluding carboxylic acids is 1. The van der Waals surface area contributed by atoms with Crippen molar-refractivity contribution < 1.29 is 14.3 Å². The van der Waals surface area contributed by atoms with Crippen molar-refractivity contribution in [3.8, 4) is 11.5 Å². The van der Waals surface area contributed by atoms with Crippen molar-refractivity contribution in [3.63, 3.8) is 0 Å². The molecule has 8 nitrogen and oxygen atoms in total. The minimum atomic E-state index is -0.113. The van der Waals surface area contributed by atoms with E-state index < -0.39 is 0 Å². The van der Waals surface area contributed by atoms with Gasteiger partial charge in [-0.05, 0) is 37.7 Å². The molecule has 0 saturated carbocycles. The van der Waals surface area contributed by atoms with Crippen LogP contribution in [0.3, 0.4) is 0 Å². The highest BCUT2D eigenvalue weighted by atomic mass is 16.5. The van der Waals surface area contributed by atoms with Crippen LogP contribution < -0.4 is 15.2 Å². The number of ether oxygens (including phenoxy) is 2. The lowest BCUT2D eigenvalue weighted by atomic mass is 10.1. The Morgan fingerprint density at radius 3 is 2.70 bits per heavy atom. The zero-order valence-corrected chi connectivity index (χ0v) is 20.1. The Bertz CT molecular complexity index is 971. The largest absolute Gasteiger partial charge is 0.493 e. The normalized spacial score (nSPS) is 15.0. The van der Waals surface area contributed by atoms with Gasteiger partial charge in [-0.3, -0.25) is 9.69 Å². The summed E-state index contributed by atoms with van der Waals surface area (Å²) < 4.78 is 11.2. The molecule has 1 amide bonds. The third kappa shape index (κ3) is 6.69. The monoisotopic (exact) mass is 453 g/mol. The van der Waals surface area contributed by atoms with Gasteiger partial charge in [0.15, 0.2) is 11.5 Å². The number of pyridine rings is 1. The second-order valence-corrected chi connectivity index (χ2v) is 8.30. The molecular formula is C25H35N5O3. The third-order valence-corrected chi connectivity index (χ3v) is 5.78. The van der Waals surface area contributed by atoms with Crippen molar-refractivity contribution in [3.05, 3.63) is 53.2 Å². The van der Waals surface area contributed by atoms with Gasteiger partial charge in [-0.1, -0.05) is 12.1 Å². The predicted octanol–water partition coefficient (Wildman–Crippen LogP) is 2.49. The fraction of sp³-hybridized carbons (Fsp3) is 0.440. The van der Waals surface area contributed by atoms with E-state index in [4.69, 9.17) is 15.2 Å². The zero-order valence-electron chi connectivity index (χ0n) is 20.1. The average molecular weight is 454 g/mol. The first-order valence-corrected chi connectivity index (χ1v) is 11.3. The summed E-state index contributed by atoms with van der Waals surface area (Å²) in [6.45, 7) is 7.72. The molecule has 2 aromatic rings. The molecule has 1 saturated heterocycles. The molecule has 3 rings (SSSR count). The number of amides is 1. The summed E-state index contributed by atoms with van der Waals surface area (Å²) in [6, 6.07) is 7.70. The lowest BCUT2D eigenvalue weighted by Gasteiger charge is -2.32. The number of rotatable bonds is 9. The molecule has 33 heavy (non-hydrogen) atoms. The second kappa shape index (κ2) is 11.7. The maximum Gasteiger partial charge on any atom is 0.246 e. The van der Waals surface area contributed by atoms with Crippen LogP contribution in [0.4, 0.5) is 5.82 Å². The molecule has 8 heteroatoms. The van der Waals surface area contributed by atoms with Gasteiger partial charge in [0.2, 0.25) is 5.91 Å². The summed E-state index contributed by atoms with van der Waals surface area (Å²) in [4.78, 5) is 23.4. The van der Waals surface area contributed by atoms with Gasteiger partial charge in [0.1, 0.15) is 5.82 Å². The Labute approximate surface area is 196 Å². The van der Waals surface area contributed by atoms with Crippen molar-refractivity contribution in [2.24, 2.45) is 0 Å². The van der Waals surface area contributed by atoms with E-state index in [1.807, 2.05) is 31.2 Å². The van der Waals surface area contributed by atoms with E-state index in [1.165, 1.54) is 0 Å². The van der Waals surface area contributed by atoms with E-state index in [9.17, 15) is 4.79 Å². The molecule has 1 fully saturated rings. The molecular weight excluding hydrogens is 418 g/mol. The second-order valence-electron chi connectivity index (χ2n) is 8.30. The van der Waals surface area contributed by atoms with Crippen molar-refractivity contribution in [2.75, 3.05) is 59.7 Å². The first kappa shape index (κ1) is 24.5. The van der Waals surface area contributed by atoms with E-state index in [0.29, 0.717) is 30.5 Å². The minimum Gasteiger partial charge on any atom is -0.493 e. The number of methoxy groups -OCH3 is 1. The predicted molar refractivity (Wildman–Crippen MR) is 131 cm³/mol. The number of nitrogens with zero attached hydrogens (tertiary/aromatic N) is 4. The molecule has 0 spiro atoms. The number of nitrogens with two attached hydrogens (primary N) is 1. The van der Waals surface area contributed by atoms with Gasteiger partial charge < -0.3 is 25.0 Å². The fourth-order valence-electron chi connectivity index (χ4n) is 3.79. The Morgan fingerprint density at radius 2 is 2.00 bits per heavy atom. The standard InChI is InChI=1S/C25H35N5O3/c1-5-33-24-20(7-6-8-22(24)32-4)17-29(3)23(31)10-9-19-15-21(25(26)27-16-19)18-30-13-11-28(2)12-14-30/h6-10,15-16H,5,11-14,17-18H2,1-4H3,(H2,26,27)/b10-9+. The molecule has 2 heterocycles. The summed E-state index contributed by atoms with van der Waals surface area (Å²) in [5, 5.41) is 0. The van der Waals surface area contributed by atoms with Crippen molar-refractivity contribution in [1.82, 2.24) is 19.7 Å². The molecule has 1 aliphatic heterocycles. The van der Waals surface area contributed by atoms with Crippen LogP contribution in [0.15, 0.2) is 36.5 Å². The molecule has 0 radical (unpaired) electrons. The maximum atomic E-state index is 12.8. The van der Waals surface area contributed by atoms with E-state index >= 15 is 0 Å². The molecule has 1 aliphatic rings. The van der Waals surface area contributed by atoms with Gasteiger partial charge in [0.05, 0.1) is 13.7 Å². The molecule has 1 aromatic heterocycles. The molecule has 0 aliphatic carbocycles. The minimum absolute atomic E-state index is 0.113. The number of likely N-dealkylation sites (N-methyl/N-ethyl adjacent to an activating group) is 2. The van der Waals surface area contributed by atoms with Gasteiger partial charge >= 0.3 is 0 Å². The van der Waals surface area contributed by atoms with Crippen LogP contribution in [0.1, 0.15) is 23.6 Å². The van der Waals surface area contributed by atoms with Gasteiger partial charge in [0.25, 0.3) is 0 Å². The molecule has 0 atom stereocenters. The highest BCUT2D eigenvalue weighted by Gasteiger charge is 2.16. The smallest absolute Gasteiger partial charge is 0.246 e. The molecule has 0 bridgehead atoms. The van der Waals surface area contributed by atoms with Gasteiger partial charge in [-0.15, -0.1) is 0 Å². The summed E-state index contributed by atoms with van der Waals surface area (Å²) in [5.74, 6) is 1.75. The number of para-hydroxylation sites is 1. The SMILES string of the molecule is CCOc1c(CN(C)C(=O)/C=C/c2cnc(N)c(CN3CCN(C)CC3)c2)cccc1OC. The summed E-state index contributed by atoms with van der Waals surface area (Å²) in [5.41, 5.74) is 8.85. The van der Waals surface area contributed by atoms with E-state index in [0.717, 1.165) is 49.4 Å². The summed E-state index contributed by atoms with van der Waals surface area (Å²) >= 11 is 0. The lowest BCUT2D eigenvalue weighted by Crippen LogP contribution is -2.44. The highest BCUT2D eigenvalue weighted by Crippen LogP contribution is 2.31. The molecule has 178 valence electrons. The fourth-order valence-corrected chi connectivity index (χ4v) is 3.79. The first-order chi connectivity index (χ1) is 15.9. The first-order valence-electron chi connectivity index (χ1n) is 11.3. The number of benzene rings is 1. The summed E-state index contributed by atoms with van der Waals surface area (Å²) in [7, 11) is 5.51. The van der Waals surface area contributed by atoms with E-state index in [1.54, 1.807) is 37.4 Å². The summed E-state index contributed by atoms with van der Waals surface area (Å²) in [6.07, 6.45) is 5.04. The van der Waals surface area contributed by atoms with Gasteiger partial charge in [-0.25, -0.2) is 4.98 Å². The molecule has 1 aromatic carbocycles. The maximum absolute atomic E-state index is 12.8. The number of carbonyl (C=O) groups is 1. The van der Waals surface area contributed by atoms with Crippen LogP contribution in [0.5, 0.6) is 11.5 Å². The third-order valence-electron chi connectivity index (χ3n) is 5.78. The zero-order chi connectivity index (χ0) is 23.8. The van der Waals surface area contributed by atoms with Crippen LogP contribution in [-0.4, -0.2) is 79.6 Å². The van der Waals surface area contributed by atoms with Gasteiger partial charge in [-0.2, -0.15) is 0 Å². The van der Waals surface area contributed by atoms with Crippen molar-refractivity contribution in [2.45, 2.75) is 20.0 Å². The quantitative estimate of drug-likeness (QED) is 0.584. The van der Waals surface area contributed by atoms with Crippen molar-refractivity contribution >= 4 is 17.8 Å². The van der Waals surface area contributed by atoms with Crippen LogP contribution in [0, 0.1) is 0 Å². The highest BCUT2D eigenvalue weighted by molar-refractivity contribution is 5.91. The number of hydrogen-bond acceptors (Lipinski definition) is 7. The van der Waals surface area contributed by atoms with Crippen LogP contribution in [-0.2, 0) is 17.9 Å². The van der Waals surface area contributed by atoms with Crippen LogP contribution >= 0.6 is 0 Å².